The molecule has 0 saturated heterocycles. The highest BCUT2D eigenvalue weighted by Gasteiger charge is 2.30. The van der Waals surface area contributed by atoms with Gasteiger partial charge >= 0.3 is 18.1 Å². The zero-order valence-electron chi connectivity index (χ0n) is 10.1. The third-order valence-electron chi connectivity index (χ3n) is 2.44. The van der Waals surface area contributed by atoms with Gasteiger partial charge in [0.15, 0.2) is 11.4 Å². The second kappa shape index (κ2) is 5.27. The lowest BCUT2D eigenvalue weighted by Crippen LogP contribution is -2.14. The summed E-state index contributed by atoms with van der Waals surface area (Å²) >= 11 is 0. The fourth-order valence-electron chi connectivity index (χ4n) is 1.48. The largest absolute Gasteiger partial charge is 0.476 e. The van der Waals surface area contributed by atoms with Crippen LogP contribution in [0, 0.1) is 0 Å². The zero-order valence-corrected chi connectivity index (χ0v) is 10.1. The van der Waals surface area contributed by atoms with E-state index in [1.807, 2.05) is 0 Å². The summed E-state index contributed by atoms with van der Waals surface area (Å²) in [6.45, 7) is 0. The van der Waals surface area contributed by atoms with Crippen molar-refractivity contribution in [2.45, 2.75) is 6.18 Å². The minimum atomic E-state index is -4.50. The first-order valence-corrected chi connectivity index (χ1v) is 5.45. The highest BCUT2D eigenvalue weighted by atomic mass is 19.4. The van der Waals surface area contributed by atoms with E-state index in [2.05, 4.69) is 9.97 Å². The molecule has 0 bridgehead atoms. The van der Waals surface area contributed by atoms with E-state index in [9.17, 15) is 22.8 Å². The van der Waals surface area contributed by atoms with Crippen LogP contribution < -0.4 is 4.74 Å². The number of carboxylic acids is 1. The molecule has 21 heavy (non-hydrogen) atoms. The number of carboxylic acid groups (broad SMARTS) is 1. The lowest BCUT2D eigenvalue weighted by atomic mass is 10.2. The number of hydrogen-bond donors (Lipinski definition) is 2. The van der Waals surface area contributed by atoms with Gasteiger partial charge in [-0.3, -0.25) is 0 Å². The van der Waals surface area contributed by atoms with E-state index in [0.717, 1.165) is 30.6 Å². The van der Waals surface area contributed by atoms with Crippen molar-refractivity contribution < 1.29 is 32.6 Å². The Morgan fingerprint density at radius 1 is 1.19 bits per heavy atom. The normalized spacial score (nSPS) is 11.2. The number of ether oxygens (including phenoxy) is 1. The quantitative estimate of drug-likeness (QED) is 0.670. The van der Waals surface area contributed by atoms with E-state index >= 15 is 0 Å². The highest BCUT2D eigenvalue weighted by Crippen LogP contribution is 2.30. The summed E-state index contributed by atoms with van der Waals surface area (Å²) in [6, 6.07) is 3.40. The Hall–Kier alpha value is -2.84. The Morgan fingerprint density at radius 2 is 1.81 bits per heavy atom. The zero-order chi connectivity index (χ0) is 15.6. The summed E-state index contributed by atoms with van der Waals surface area (Å²) < 4.78 is 41.9. The van der Waals surface area contributed by atoms with Crippen LogP contribution in [0.2, 0.25) is 0 Å². The third-order valence-corrected chi connectivity index (χ3v) is 2.44. The highest BCUT2D eigenvalue weighted by molar-refractivity contribution is 6.00. The molecular weight excluding hydrogens is 293 g/mol. The first-order valence-electron chi connectivity index (χ1n) is 5.45. The maximum Gasteiger partial charge on any atom is 0.416 e. The van der Waals surface area contributed by atoms with Gasteiger partial charge in [0.05, 0.1) is 11.9 Å². The first-order chi connectivity index (χ1) is 9.79. The fourth-order valence-corrected chi connectivity index (χ4v) is 1.48. The predicted molar refractivity (Wildman–Crippen MR) is 61.9 cm³/mol. The number of carbonyl (C=O) groups is 2. The van der Waals surface area contributed by atoms with Gasteiger partial charge in [0, 0.05) is 0 Å². The van der Waals surface area contributed by atoms with Crippen LogP contribution in [0.3, 0.4) is 0 Å². The summed E-state index contributed by atoms with van der Waals surface area (Å²) in [5.41, 5.74) is -1.83. The maximum atomic E-state index is 12.4. The molecule has 0 aliphatic rings. The number of aromatic nitrogens is 2. The van der Waals surface area contributed by atoms with Crippen LogP contribution in [-0.4, -0.2) is 27.0 Å². The van der Waals surface area contributed by atoms with Crippen LogP contribution >= 0.6 is 0 Å². The SMILES string of the molecule is O=C(O)c1nc[nH]c1C(=O)Oc1ccc(C(F)(F)F)cc1. The molecule has 2 rings (SSSR count). The van der Waals surface area contributed by atoms with Crippen molar-refractivity contribution >= 4 is 11.9 Å². The Kier molecular flexibility index (Phi) is 3.66. The number of imidazole rings is 1. The molecule has 0 unspecified atom stereocenters. The van der Waals surface area contributed by atoms with Gasteiger partial charge in [-0.05, 0) is 24.3 Å². The number of rotatable bonds is 3. The molecule has 0 amide bonds. The monoisotopic (exact) mass is 300 g/mol. The van der Waals surface area contributed by atoms with E-state index in [0.29, 0.717) is 0 Å². The molecule has 0 fully saturated rings. The minimum Gasteiger partial charge on any atom is -0.476 e. The summed E-state index contributed by atoms with van der Waals surface area (Å²) in [7, 11) is 0. The molecule has 6 nitrogen and oxygen atoms in total. The van der Waals surface area contributed by atoms with Crippen LogP contribution in [0.4, 0.5) is 13.2 Å². The lowest BCUT2D eigenvalue weighted by molar-refractivity contribution is -0.137. The van der Waals surface area contributed by atoms with Crippen LogP contribution in [0.15, 0.2) is 30.6 Å². The van der Waals surface area contributed by atoms with Gasteiger partial charge in [-0.1, -0.05) is 0 Å². The molecule has 2 aromatic rings. The molecule has 0 radical (unpaired) electrons. The Balaban J connectivity index is 2.16. The molecule has 110 valence electrons. The van der Waals surface area contributed by atoms with Crippen LogP contribution in [0.5, 0.6) is 5.75 Å². The van der Waals surface area contributed by atoms with E-state index in [1.165, 1.54) is 0 Å². The van der Waals surface area contributed by atoms with E-state index in [-0.39, 0.29) is 5.75 Å². The Morgan fingerprint density at radius 3 is 2.33 bits per heavy atom. The van der Waals surface area contributed by atoms with Gasteiger partial charge in [-0.25, -0.2) is 14.6 Å². The van der Waals surface area contributed by atoms with Gasteiger partial charge < -0.3 is 14.8 Å². The lowest BCUT2D eigenvalue weighted by Gasteiger charge is -2.07. The number of alkyl halides is 3. The molecule has 1 aromatic heterocycles. The average molecular weight is 300 g/mol. The number of nitrogens with zero attached hydrogens (tertiary/aromatic N) is 1. The number of halogens is 3. The number of esters is 1. The maximum absolute atomic E-state index is 12.4. The fraction of sp³-hybridized carbons (Fsp3) is 0.0833. The molecule has 1 heterocycles. The summed E-state index contributed by atoms with van der Waals surface area (Å²) in [4.78, 5) is 28.2. The second-order valence-corrected chi connectivity index (χ2v) is 3.84. The van der Waals surface area contributed by atoms with Crippen molar-refractivity contribution in [3.63, 3.8) is 0 Å². The number of H-pyrrole nitrogens is 1. The van der Waals surface area contributed by atoms with Crippen molar-refractivity contribution in [3.8, 4) is 5.75 Å². The Labute approximate surface area is 115 Å². The van der Waals surface area contributed by atoms with Gasteiger partial charge in [-0.15, -0.1) is 0 Å². The van der Waals surface area contributed by atoms with Crippen molar-refractivity contribution in [2.75, 3.05) is 0 Å². The molecule has 0 saturated carbocycles. The summed E-state index contributed by atoms with van der Waals surface area (Å²) in [5.74, 6) is -2.65. The number of carbonyl (C=O) groups excluding carboxylic acids is 1. The molecule has 0 aliphatic heterocycles. The summed E-state index contributed by atoms with van der Waals surface area (Å²) in [6.07, 6.45) is -3.50. The van der Waals surface area contributed by atoms with E-state index < -0.39 is 35.1 Å². The first kappa shape index (κ1) is 14.6. The molecule has 9 heteroatoms. The second-order valence-electron chi connectivity index (χ2n) is 3.84. The van der Waals surface area contributed by atoms with Gasteiger partial charge in [0.2, 0.25) is 0 Å². The van der Waals surface area contributed by atoms with E-state index in [1.54, 1.807) is 0 Å². The van der Waals surface area contributed by atoms with Crippen molar-refractivity contribution in [3.05, 3.63) is 47.5 Å². The number of aromatic amines is 1. The Bertz CT molecular complexity index is 677. The standard InChI is InChI=1S/C12H7F3N2O4/c13-12(14,15)6-1-3-7(4-2-6)21-11(20)9-8(10(18)19)16-5-17-9/h1-5H,(H,16,17)(H,18,19). The molecule has 0 aliphatic carbocycles. The molecular formula is C12H7F3N2O4. The average Bonchev–Trinajstić information content (AvgIpc) is 2.87. The molecule has 1 aromatic carbocycles. The predicted octanol–water partition coefficient (Wildman–Crippen LogP) is 2.35. The van der Waals surface area contributed by atoms with Crippen LogP contribution in [0.25, 0.3) is 0 Å². The van der Waals surface area contributed by atoms with Gasteiger partial charge in [-0.2, -0.15) is 13.2 Å². The number of aromatic carboxylic acids is 1. The van der Waals surface area contributed by atoms with Crippen LogP contribution in [-0.2, 0) is 6.18 Å². The number of hydrogen-bond acceptors (Lipinski definition) is 4. The summed E-state index contributed by atoms with van der Waals surface area (Å²) in [5, 5.41) is 8.78. The minimum absolute atomic E-state index is 0.154. The van der Waals surface area contributed by atoms with E-state index in [4.69, 9.17) is 9.84 Å². The topological polar surface area (TPSA) is 92.3 Å². The molecule has 0 spiro atoms. The van der Waals surface area contributed by atoms with Crippen LogP contribution in [0.1, 0.15) is 26.5 Å². The van der Waals surface area contributed by atoms with Gasteiger partial charge in [0.25, 0.3) is 0 Å². The third kappa shape index (κ3) is 3.19. The van der Waals surface area contributed by atoms with Crippen molar-refractivity contribution in [2.24, 2.45) is 0 Å². The number of nitrogens with one attached hydrogen (secondary N) is 1. The molecule has 2 N–H and O–H groups in total. The number of benzene rings is 1. The van der Waals surface area contributed by atoms with Crippen molar-refractivity contribution in [1.29, 1.82) is 0 Å². The molecule has 0 atom stereocenters. The van der Waals surface area contributed by atoms with Crippen molar-refractivity contribution in [1.82, 2.24) is 9.97 Å². The van der Waals surface area contributed by atoms with Gasteiger partial charge in [0.1, 0.15) is 5.75 Å². The smallest absolute Gasteiger partial charge is 0.416 e.